The molecule has 0 radical (unpaired) electrons. The molecule has 2 rings (SSSR count). The summed E-state index contributed by atoms with van der Waals surface area (Å²) in [7, 11) is 0. The highest BCUT2D eigenvalue weighted by Crippen LogP contribution is 2.27. The Balaban J connectivity index is 2.28. The van der Waals surface area contributed by atoms with Gasteiger partial charge < -0.3 is 5.32 Å². The third-order valence-corrected chi connectivity index (χ3v) is 3.82. The third kappa shape index (κ3) is 3.81. The highest BCUT2D eigenvalue weighted by molar-refractivity contribution is 7.15. The molecule has 5 heteroatoms. The minimum atomic E-state index is 0.609. The van der Waals surface area contributed by atoms with Crippen LogP contribution in [-0.2, 0) is 13.0 Å². The van der Waals surface area contributed by atoms with E-state index in [-0.39, 0.29) is 0 Å². The van der Waals surface area contributed by atoms with E-state index in [9.17, 15) is 0 Å². The Kier molecular flexibility index (Phi) is 4.99. The van der Waals surface area contributed by atoms with Crippen molar-refractivity contribution in [3.8, 4) is 10.7 Å². The number of aromatic nitrogens is 3. The molecule has 0 saturated carbocycles. The van der Waals surface area contributed by atoms with E-state index in [0.717, 1.165) is 30.2 Å². The van der Waals surface area contributed by atoms with Crippen molar-refractivity contribution in [3.63, 3.8) is 0 Å². The van der Waals surface area contributed by atoms with E-state index in [1.807, 2.05) is 0 Å². The first-order valence-corrected chi connectivity index (χ1v) is 7.48. The molecule has 4 nitrogen and oxygen atoms in total. The van der Waals surface area contributed by atoms with E-state index in [4.69, 9.17) is 4.98 Å². The average molecular weight is 276 g/mol. The fourth-order valence-electron chi connectivity index (χ4n) is 1.83. The van der Waals surface area contributed by atoms with Crippen LogP contribution in [-0.4, -0.2) is 21.5 Å². The Bertz CT molecular complexity index is 507. The zero-order valence-corrected chi connectivity index (χ0v) is 12.5. The molecule has 0 saturated heterocycles. The quantitative estimate of drug-likeness (QED) is 0.881. The lowest BCUT2D eigenvalue weighted by Gasteiger charge is -2.04. The minimum Gasteiger partial charge on any atom is -0.312 e. The van der Waals surface area contributed by atoms with E-state index in [1.54, 1.807) is 29.9 Å². The van der Waals surface area contributed by atoms with E-state index in [2.05, 4.69) is 36.1 Å². The van der Waals surface area contributed by atoms with Gasteiger partial charge in [-0.05, 0) is 18.9 Å². The molecule has 19 heavy (non-hydrogen) atoms. The van der Waals surface area contributed by atoms with E-state index in [1.165, 1.54) is 10.6 Å². The molecule has 2 heterocycles. The molecule has 0 spiro atoms. The van der Waals surface area contributed by atoms with Crippen molar-refractivity contribution in [2.45, 2.75) is 33.7 Å². The van der Waals surface area contributed by atoms with Gasteiger partial charge >= 0.3 is 0 Å². The first kappa shape index (κ1) is 14.1. The van der Waals surface area contributed by atoms with Gasteiger partial charge in [0, 0.05) is 23.8 Å². The van der Waals surface area contributed by atoms with Gasteiger partial charge in [0.25, 0.3) is 0 Å². The molecule has 0 aliphatic rings. The second-order valence-corrected chi connectivity index (χ2v) is 5.94. The normalized spacial score (nSPS) is 11.2. The van der Waals surface area contributed by atoms with Crippen molar-refractivity contribution in [1.29, 1.82) is 0 Å². The molecule has 0 aromatic carbocycles. The van der Waals surface area contributed by atoms with Crippen LogP contribution < -0.4 is 5.32 Å². The fraction of sp³-hybridized carbons (Fsp3) is 0.500. The van der Waals surface area contributed by atoms with Crippen molar-refractivity contribution in [3.05, 3.63) is 29.2 Å². The molecular weight excluding hydrogens is 256 g/mol. The van der Waals surface area contributed by atoms with Crippen LogP contribution >= 0.6 is 11.3 Å². The highest BCUT2D eigenvalue weighted by Gasteiger charge is 2.14. The van der Waals surface area contributed by atoms with Crippen LogP contribution in [0.4, 0.5) is 0 Å². The van der Waals surface area contributed by atoms with Crippen LogP contribution in [0.2, 0.25) is 0 Å². The Hall–Kier alpha value is -1.33. The molecule has 2 aromatic heterocycles. The van der Waals surface area contributed by atoms with Crippen molar-refractivity contribution in [2.24, 2.45) is 5.92 Å². The molecule has 0 unspecified atom stereocenters. The predicted molar refractivity (Wildman–Crippen MR) is 79.1 cm³/mol. The maximum Gasteiger partial charge on any atom is 0.144 e. The molecule has 1 N–H and O–H groups in total. The van der Waals surface area contributed by atoms with Crippen molar-refractivity contribution in [1.82, 2.24) is 20.3 Å². The number of thiazole rings is 1. The molecule has 0 amide bonds. The predicted octanol–water partition coefficient (Wildman–Crippen LogP) is 2.91. The maximum absolute atomic E-state index is 4.75. The van der Waals surface area contributed by atoms with Gasteiger partial charge in [0.2, 0.25) is 0 Å². The van der Waals surface area contributed by atoms with Gasteiger partial charge in [-0.2, -0.15) is 0 Å². The van der Waals surface area contributed by atoms with Crippen molar-refractivity contribution in [2.75, 3.05) is 6.54 Å². The van der Waals surface area contributed by atoms with Gasteiger partial charge in [0.15, 0.2) is 0 Å². The lowest BCUT2D eigenvalue weighted by atomic mass is 10.1. The van der Waals surface area contributed by atoms with Crippen LogP contribution in [0.25, 0.3) is 10.7 Å². The summed E-state index contributed by atoms with van der Waals surface area (Å²) in [6.07, 6.45) is 6.18. The summed E-state index contributed by atoms with van der Waals surface area (Å²) >= 11 is 1.72. The average Bonchev–Trinajstić information content (AvgIpc) is 2.80. The van der Waals surface area contributed by atoms with Crippen molar-refractivity contribution >= 4 is 11.3 Å². The summed E-state index contributed by atoms with van der Waals surface area (Å²) in [5, 5.41) is 4.35. The van der Waals surface area contributed by atoms with Crippen molar-refractivity contribution < 1.29 is 0 Å². The largest absolute Gasteiger partial charge is 0.312 e. The number of nitrogens with zero attached hydrogens (tertiary/aromatic N) is 3. The number of nitrogens with one attached hydrogen (secondary N) is 1. The highest BCUT2D eigenvalue weighted by atomic mass is 32.1. The van der Waals surface area contributed by atoms with Gasteiger partial charge in [-0.25, -0.2) is 4.98 Å². The lowest BCUT2D eigenvalue weighted by Crippen LogP contribution is -2.12. The van der Waals surface area contributed by atoms with Gasteiger partial charge in [-0.15, -0.1) is 11.3 Å². The SMILES string of the molecule is CCNCc1sc(-c2cnccn2)nc1CC(C)C. The van der Waals surface area contributed by atoms with Crippen LogP contribution in [0.1, 0.15) is 31.3 Å². The number of hydrogen-bond donors (Lipinski definition) is 1. The first-order valence-electron chi connectivity index (χ1n) is 6.66. The summed E-state index contributed by atoms with van der Waals surface area (Å²) in [4.78, 5) is 14.5. The second-order valence-electron chi connectivity index (χ2n) is 4.86. The van der Waals surface area contributed by atoms with E-state index >= 15 is 0 Å². The lowest BCUT2D eigenvalue weighted by molar-refractivity contribution is 0.627. The zero-order chi connectivity index (χ0) is 13.7. The summed E-state index contributed by atoms with van der Waals surface area (Å²) < 4.78 is 0. The van der Waals surface area contributed by atoms with Gasteiger partial charge in [-0.1, -0.05) is 20.8 Å². The number of hydrogen-bond acceptors (Lipinski definition) is 5. The van der Waals surface area contributed by atoms with Gasteiger partial charge in [0.05, 0.1) is 11.9 Å². The Morgan fingerprint density at radius 3 is 2.79 bits per heavy atom. The summed E-state index contributed by atoms with van der Waals surface area (Å²) in [6, 6.07) is 0. The standard InChI is InChI=1S/C14H20N4S/c1-4-15-9-13-11(7-10(2)3)18-14(19-13)12-8-16-5-6-17-12/h5-6,8,10,15H,4,7,9H2,1-3H3. The minimum absolute atomic E-state index is 0.609. The molecular formula is C14H20N4S. The summed E-state index contributed by atoms with van der Waals surface area (Å²) in [5.41, 5.74) is 2.06. The van der Waals surface area contributed by atoms with Crippen LogP contribution in [0.5, 0.6) is 0 Å². The second kappa shape index (κ2) is 6.73. The number of rotatable bonds is 6. The summed E-state index contributed by atoms with van der Waals surface area (Å²) in [5.74, 6) is 0.609. The molecule has 0 bridgehead atoms. The maximum atomic E-state index is 4.75. The fourth-order valence-corrected chi connectivity index (χ4v) is 2.85. The summed E-state index contributed by atoms with van der Waals surface area (Å²) in [6.45, 7) is 8.42. The Morgan fingerprint density at radius 2 is 2.16 bits per heavy atom. The molecule has 0 aliphatic carbocycles. The van der Waals surface area contributed by atoms with E-state index in [0.29, 0.717) is 5.92 Å². The monoisotopic (exact) mass is 276 g/mol. The zero-order valence-electron chi connectivity index (χ0n) is 11.7. The smallest absolute Gasteiger partial charge is 0.144 e. The van der Waals surface area contributed by atoms with Crippen LogP contribution in [0.15, 0.2) is 18.6 Å². The first-order chi connectivity index (χ1) is 9.20. The van der Waals surface area contributed by atoms with Gasteiger partial charge in [-0.3, -0.25) is 9.97 Å². The Morgan fingerprint density at radius 1 is 1.32 bits per heavy atom. The molecule has 0 fully saturated rings. The van der Waals surface area contributed by atoms with E-state index < -0.39 is 0 Å². The molecule has 102 valence electrons. The topological polar surface area (TPSA) is 50.7 Å². The van der Waals surface area contributed by atoms with Crippen LogP contribution in [0, 0.1) is 5.92 Å². The molecule has 0 atom stereocenters. The third-order valence-electron chi connectivity index (χ3n) is 2.70. The molecule has 0 aliphatic heterocycles. The van der Waals surface area contributed by atoms with Gasteiger partial charge in [0.1, 0.15) is 10.7 Å². The molecule has 2 aromatic rings. The van der Waals surface area contributed by atoms with Crippen LogP contribution in [0.3, 0.4) is 0 Å². The Labute approximate surface area is 118 Å².